The van der Waals surface area contributed by atoms with Crippen LogP contribution >= 0.6 is 11.3 Å². The second-order valence-corrected chi connectivity index (χ2v) is 5.57. The van der Waals surface area contributed by atoms with Gasteiger partial charge in [-0.2, -0.15) is 0 Å². The SMILES string of the molecule is Cc1ccc(C(=O)N=Nc2c(O)[nH]c3ccccc23)s1. The van der Waals surface area contributed by atoms with Crippen molar-refractivity contribution < 1.29 is 9.90 Å². The zero-order valence-electron chi connectivity index (χ0n) is 10.6. The largest absolute Gasteiger partial charge is 0.493 e. The average Bonchev–Trinajstić information content (AvgIpc) is 2.99. The number of nitrogens with one attached hydrogen (secondary N) is 1. The third-order valence-electron chi connectivity index (χ3n) is 2.85. The van der Waals surface area contributed by atoms with E-state index in [2.05, 4.69) is 15.2 Å². The van der Waals surface area contributed by atoms with Gasteiger partial charge in [0, 0.05) is 10.3 Å². The Morgan fingerprint density at radius 1 is 1.25 bits per heavy atom. The van der Waals surface area contributed by atoms with Crippen LogP contribution in [0.2, 0.25) is 0 Å². The van der Waals surface area contributed by atoms with Gasteiger partial charge < -0.3 is 10.1 Å². The Morgan fingerprint density at radius 3 is 2.80 bits per heavy atom. The van der Waals surface area contributed by atoms with Crippen LogP contribution in [0.15, 0.2) is 46.6 Å². The minimum Gasteiger partial charge on any atom is -0.493 e. The number of azo groups is 1. The highest BCUT2D eigenvalue weighted by Gasteiger charge is 2.11. The Hall–Kier alpha value is -2.47. The van der Waals surface area contributed by atoms with Crippen molar-refractivity contribution in [2.45, 2.75) is 6.92 Å². The van der Waals surface area contributed by atoms with E-state index in [9.17, 15) is 9.90 Å². The highest BCUT2D eigenvalue weighted by molar-refractivity contribution is 7.13. The van der Waals surface area contributed by atoms with Crippen molar-refractivity contribution >= 4 is 33.8 Å². The van der Waals surface area contributed by atoms with Crippen molar-refractivity contribution in [3.63, 3.8) is 0 Å². The van der Waals surface area contributed by atoms with Crippen LogP contribution < -0.4 is 0 Å². The topological polar surface area (TPSA) is 77.8 Å². The predicted octanol–water partition coefficient (Wildman–Crippen LogP) is 4.17. The number of aromatic amines is 1. The van der Waals surface area contributed by atoms with Crippen LogP contribution in [-0.4, -0.2) is 16.0 Å². The van der Waals surface area contributed by atoms with Crippen molar-refractivity contribution in [1.82, 2.24) is 4.98 Å². The van der Waals surface area contributed by atoms with Gasteiger partial charge in [-0.1, -0.05) is 18.2 Å². The summed E-state index contributed by atoms with van der Waals surface area (Å²) < 4.78 is 0. The molecule has 0 unspecified atom stereocenters. The molecule has 0 aliphatic rings. The van der Waals surface area contributed by atoms with Gasteiger partial charge in [0.25, 0.3) is 0 Å². The monoisotopic (exact) mass is 285 g/mol. The van der Waals surface area contributed by atoms with Gasteiger partial charge in [-0.05, 0) is 25.1 Å². The molecule has 0 aliphatic carbocycles. The molecule has 6 heteroatoms. The maximum atomic E-state index is 11.9. The van der Waals surface area contributed by atoms with Gasteiger partial charge in [0.05, 0.1) is 10.4 Å². The number of thiophene rings is 1. The van der Waals surface area contributed by atoms with Crippen LogP contribution in [0.4, 0.5) is 5.69 Å². The van der Waals surface area contributed by atoms with E-state index in [4.69, 9.17) is 0 Å². The van der Waals surface area contributed by atoms with E-state index in [1.54, 1.807) is 12.1 Å². The molecule has 20 heavy (non-hydrogen) atoms. The number of carbonyl (C=O) groups excluding carboxylic acids is 1. The summed E-state index contributed by atoms with van der Waals surface area (Å²) in [6.07, 6.45) is 0. The number of para-hydroxylation sites is 1. The predicted molar refractivity (Wildman–Crippen MR) is 77.9 cm³/mol. The Bertz CT molecular complexity index is 817. The van der Waals surface area contributed by atoms with Crippen molar-refractivity contribution in [2.75, 3.05) is 0 Å². The van der Waals surface area contributed by atoms with Crippen molar-refractivity contribution in [1.29, 1.82) is 0 Å². The van der Waals surface area contributed by atoms with Crippen LogP contribution in [0.5, 0.6) is 5.88 Å². The molecule has 0 bridgehead atoms. The van der Waals surface area contributed by atoms with Gasteiger partial charge in [0.1, 0.15) is 0 Å². The molecule has 0 radical (unpaired) electrons. The molecule has 2 N–H and O–H groups in total. The summed E-state index contributed by atoms with van der Waals surface area (Å²) in [7, 11) is 0. The molecule has 2 aromatic heterocycles. The van der Waals surface area contributed by atoms with E-state index < -0.39 is 5.91 Å². The van der Waals surface area contributed by atoms with E-state index in [1.807, 2.05) is 31.2 Å². The summed E-state index contributed by atoms with van der Waals surface area (Å²) in [5.41, 5.74) is 1.03. The lowest BCUT2D eigenvalue weighted by Gasteiger charge is -1.91. The van der Waals surface area contributed by atoms with Crippen molar-refractivity contribution in [3.8, 4) is 5.88 Å². The molecule has 100 valence electrons. The zero-order valence-corrected chi connectivity index (χ0v) is 11.4. The number of amides is 1. The highest BCUT2D eigenvalue weighted by atomic mass is 32.1. The van der Waals surface area contributed by atoms with E-state index >= 15 is 0 Å². The second-order valence-electron chi connectivity index (χ2n) is 4.28. The maximum Gasteiger partial charge on any atom is 0.305 e. The first-order valence-electron chi connectivity index (χ1n) is 5.97. The lowest BCUT2D eigenvalue weighted by Crippen LogP contribution is -1.87. The van der Waals surface area contributed by atoms with E-state index in [-0.39, 0.29) is 11.6 Å². The molecule has 0 saturated heterocycles. The molecule has 0 fully saturated rings. The number of rotatable bonds is 2. The summed E-state index contributed by atoms with van der Waals surface area (Å²) in [5, 5.41) is 18.1. The molecule has 3 rings (SSSR count). The number of carbonyl (C=O) groups is 1. The van der Waals surface area contributed by atoms with Crippen LogP contribution in [0.1, 0.15) is 14.5 Å². The molecular weight excluding hydrogens is 274 g/mol. The summed E-state index contributed by atoms with van der Waals surface area (Å²) in [6, 6.07) is 10.9. The first-order chi connectivity index (χ1) is 9.65. The molecule has 2 heterocycles. The molecule has 5 nitrogen and oxygen atoms in total. The first kappa shape index (κ1) is 12.6. The second kappa shape index (κ2) is 4.90. The number of H-pyrrole nitrogens is 1. The molecule has 0 saturated carbocycles. The number of hydrogen-bond donors (Lipinski definition) is 2. The normalized spacial score (nSPS) is 11.4. The number of hydrogen-bond acceptors (Lipinski definition) is 4. The lowest BCUT2D eigenvalue weighted by atomic mass is 10.2. The smallest absolute Gasteiger partial charge is 0.305 e. The third kappa shape index (κ3) is 2.21. The van der Waals surface area contributed by atoms with Crippen LogP contribution in [0.3, 0.4) is 0 Å². The molecular formula is C14H11N3O2S. The summed E-state index contributed by atoms with van der Waals surface area (Å²) in [4.78, 5) is 16.2. The van der Waals surface area contributed by atoms with Crippen LogP contribution in [0.25, 0.3) is 10.9 Å². The number of fused-ring (bicyclic) bond motifs is 1. The summed E-state index contributed by atoms with van der Waals surface area (Å²) >= 11 is 1.37. The van der Waals surface area contributed by atoms with E-state index in [0.29, 0.717) is 4.88 Å². The number of aryl methyl sites for hydroxylation is 1. The Kier molecular flexibility index (Phi) is 3.08. The number of benzene rings is 1. The van der Waals surface area contributed by atoms with Gasteiger partial charge in [-0.3, -0.25) is 4.79 Å². The van der Waals surface area contributed by atoms with Gasteiger partial charge >= 0.3 is 5.91 Å². The van der Waals surface area contributed by atoms with E-state index in [1.165, 1.54) is 11.3 Å². The Labute approximate surface area is 118 Å². The van der Waals surface area contributed by atoms with Crippen molar-refractivity contribution in [3.05, 3.63) is 46.2 Å². The summed E-state index contributed by atoms with van der Waals surface area (Å²) in [5.74, 6) is -0.502. The summed E-state index contributed by atoms with van der Waals surface area (Å²) in [6.45, 7) is 1.92. The standard InChI is InChI=1S/C14H11N3O2S/c1-8-6-7-11(20-8)13(18)17-16-12-9-4-2-3-5-10(9)15-14(12)19/h2-7,15,19H,1H3. The number of nitrogens with zero attached hydrogens (tertiary/aromatic N) is 2. The third-order valence-corrected chi connectivity index (χ3v) is 3.84. The maximum absolute atomic E-state index is 11.9. The molecule has 1 aromatic carbocycles. The van der Waals surface area contributed by atoms with Crippen LogP contribution in [-0.2, 0) is 0 Å². The lowest BCUT2D eigenvalue weighted by molar-refractivity contribution is 0.0999. The highest BCUT2D eigenvalue weighted by Crippen LogP contribution is 2.35. The van der Waals surface area contributed by atoms with E-state index in [0.717, 1.165) is 15.8 Å². The van der Waals surface area contributed by atoms with Gasteiger partial charge in [0.15, 0.2) is 5.69 Å². The Balaban J connectivity index is 1.95. The number of aromatic hydroxyl groups is 1. The quantitative estimate of drug-likeness (QED) is 0.693. The van der Waals surface area contributed by atoms with Gasteiger partial charge in [0.2, 0.25) is 5.88 Å². The number of aromatic nitrogens is 1. The fourth-order valence-corrected chi connectivity index (χ4v) is 2.66. The molecule has 0 atom stereocenters. The fourth-order valence-electron chi connectivity index (χ4n) is 1.91. The molecule has 1 amide bonds. The minimum absolute atomic E-state index is 0.0925. The fraction of sp³-hybridized carbons (Fsp3) is 0.0714. The minimum atomic E-state index is -0.409. The van der Waals surface area contributed by atoms with Gasteiger partial charge in [-0.15, -0.1) is 21.6 Å². The van der Waals surface area contributed by atoms with Crippen LogP contribution in [0, 0.1) is 6.92 Å². The van der Waals surface area contributed by atoms with Crippen molar-refractivity contribution in [2.24, 2.45) is 10.2 Å². The molecule has 0 aliphatic heterocycles. The molecule has 3 aromatic rings. The van der Waals surface area contributed by atoms with Gasteiger partial charge in [-0.25, -0.2) is 0 Å². The Morgan fingerprint density at radius 2 is 2.05 bits per heavy atom. The first-order valence-corrected chi connectivity index (χ1v) is 6.79. The molecule has 0 spiro atoms. The average molecular weight is 285 g/mol. The zero-order chi connectivity index (χ0) is 14.1.